The van der Waals surface area contributed by atoms with Gasteiger partial charge in [-0.3, -0.25) is 0 Å². The van der Waals surface area contributed by atoms with Crippen LogP contribution >= 0.6 is 0 Å². The van der Waals surface area contributed by atoms with Gasteiger partial charge < -0.3 is 14.5 Å². The van der Waals surface area contributed by atoms with E-state index >= 15 is 0 Å². The highest BCUT2D eigenvalue weighted by atomic mass is 19.1. The van der Waals surface area contributed by atoms with Gasteiger partial charge in [-0.15, -0.1) is 6.58 Å². The first-order chi connectivity index (χ1) is 13.4. The van der Waals surface area contributed by atoms with Crippen molar-refractivity contribution in [3.05, 3.63) is 54.0 Å². The quantitative estimate of drug-likeness (QED) is 0.684. The van der Waals surface area contributed by atoms with E-state index in [1.807, 2.05) is 52.5 Å². The molecule has 1 aromatic heterocycles. The maximum Gasteiger partial charge on any atom is 0.225 e. The van der Waals surface area contributed by atoms with Crippen molar-refractivity contribution in [3.63, 3.8) is 0 Å². The monoisotopic (exact) mass is 389 g/mol. The molecular weight excluding hydrogens is 357 g/mol. The largest absolute Gasteiger partial charge is 0.347 e. The smallest absolute Gasteiger partial charge is 0.225 e. The average Bonchev–Trinajstić information content (AvgIpc) is 2.73. The van der Waals surface area contributed by atoms with E-state index in [9.17, 15) is 4.39 Å². The summed E-state index contributed by atoms with van der Waals surface area (Å²) in [6.07, 6.45) is 2.54. The number of carbonyl (C=O) groups excluding carboxylic acids is 2. The van der Waals surface area contributed by atoms with Crippen LogP contribution in [0.1, 0.15) is 44.9 Å². The molecule has 0 atom stereocenters. The molecule has 0 unspecified atom stereocenters. The third-order valence-corrected chi connectivity index (χ3v) is 3.44. The second-order valence-corrected chi connectivity index (χ2v) is 5.78. The molecule has 0 spiro atoms. The Labute approximate surface area is 168 Å². The fourth-order valence-corrected chi connectivity index (χ4v) is 2.36. The highest BCUT2D eigenvalue weighted by molar-refractivity contribution is 5.66. The van der Waals surface area contributed by atoms with Crippen LogP contribution in [0.2, 0.25) is 0 Å². The van der Waals surface area contributed by atoms with Crippen LogP contribution in [0, 0.1) is 5.82 Å². The van der Waals surface area contributed by atoms with Gasteiger partial charge in [0.05, 0.1) is 11.4 Å². The molecular formula is C22H32FN3O2. The highest BCUT2D eigenvalue weighted by Gasteiger charge is 2.18. The number of carbonyl (C=O) groups is 2. The van der Waals surface area contributed by atoms with Crippen molar-refractivity contribution in [2.45, 2.75) is 40.0 Å². The van der Waals surface area contributed by atoms with Gasteiger partial charge in [-0.25, -0.2) is 14.4 Å². The van der Waals surface area contributed by atoms with Crippen molar-refractivity contribution in [2.75, 3.05) is 19.0 Å². The third-order valence-electron chi connectivity index (χ3n) is 3.44. The van der Waals surface area contributed by atoms with Crippen LogP contribution in [0.3, 0.4) is 0 Å². The van der Waals surface area contributed by atoms with Crippen LogP contribution in [-0.2, 0) is 16.0 Å². The van der Waals surface area contributed by atoms with Gasteiger partial charge in [0.1, 0.15) is 19.4 Å². The van der Waals surface area contributed by atoms with E-state index in [1.165, 1.54) is 12.1 Å². The lowest BCUT2D eigenvalue weighted by Crippen LogP contribution is -2.16. The zero-order valence-electron chi connectivity index (χ0n) is 17.8. The van der Waals surface area contributed by atoms with Crippen LogP contribution in [0.25, 0.3) is 11.3 Å². The van der Waals surface area contributed by atoms with E-state index in [0.717, 1.165) is 22.5 Å². The molecule has 2 rings (SSSR count). The van der Waals surface area contributed by atoms with E-state index in [2.05, 4.69) is 30.4 Å². The summed E-state index contributed by atoms with van der Waals surface area (Å²) >= 11 is 0. The zero-order chi connectivity index (χ0) is 22.3. The van der Waals surface area contributed by atoms with E-state index in [-0.39, 0.29) is 11.7 Å². The fourth-order valence-electron chi connectivity index (χ4n) is 2.36. The Morgan fingerprint density at radius 1 is 1.04 bits per heavy atom. The van der Waals surface area contributed by atoms with Crippen LogP contribution in [0.5, 0.6) is 0 Å². The minimum atomic E-state index is -0.250. The molecule has 0 fully saturated rings. The van der Waals surface area contributed by atoms with Gasteiger partial charge >= 0.3 is 0 Å². The number of nitrogens with zero attached hydrogens (tertiary/aromatic N) is 3. The van der Waals surface area contributed by atoms with E-state index in [4.69, 9.17) is 9.59 Å². The predicted octanol–water partition coefficient (Wildman–Crippen LogP) is 4.86. The van der Waals surface area contributed by atoms with Gasteiger partial charge in [0.25, 0.3) is 0 Å². The van der Waals surface area contributed by atoms with Crippen molar-refractivity contribution in [1.29, 1.82) is 0 Å². The van der Waals surface area contributed by atoms with Crippen LogP contribution in [0.4, 0.5) is 10.3 Å². The van der Waals surface area contributed by atoms with Gasteiger partial charge in [0.2, 0.25) is 5.95 Å². The molecule has 0 N–H and O–H groups in total. The molecule has 0 aliphatic heterocycles. The molecule has 2 aromatic rings. The van der Waals surface area contributed by atoms with E-state index in [1.54, 1.807) is 12.1 Å². The molecule has 0 amide bonds. The SMILES string of the molecule is C=CCc1c(-c2ccc(F)cc2)nc(N(C)C)nc1C(C)C.C=O.C=O.CC. The molecule has 5 nitrogen and oxygen atoms in total. The Morgan fingerprint density at radius 3 is 1.93 bits per heavy atom. The summed E-state index contributed by atoms with van der Waals surface area (Å²) in [5.41, 5.74) is 3.81. The van der Waals surface area contributed by atoms with E-state index < -0.39 is 0 Å². The predicted molar refractivity (Wildman–Crippen MR) is 115 cm³/mol. The lowest BCUT2D eigenvalue weighted by Gasteiger charge is -2.19. The molecule has 1 aromatic carbocycles. The molecule has 0 saturated carbocycles. The normalized spacial score (nSPS) is 9.00. The maximum atomic E-state index is 13.2. The minimum absolute atomic E-state index is 0.250. The maximum absolute atomic E-state index is 13.2. The Bertz CT molecular complexity index is 700. The van der Waals surface area contributed by atoms with Crippen LogP contribution in [0.15, 0.2) is 36.9 Å². The molecule has 0 bridgehead atoms. The van der Waals surface area contributed by atoms with Gasteiger partial charge in [0.15, 0.2) is 0 Å². The first kappa shape index (κ1) is 27.3. The second kappa shape index (κ2) is 15.2. The lowest BCUT2D eigenvalue weighted by atomic mass is 9.96. The molecule has 1 heterocycles. The van der Waals surface area contributed by atoms with Crippen molar-refractivity contribution in [2.24, 2.45) is 0 Å². The number of hydrogen-bond donors (Lipinski definition) is 0. The van der Waals surface area contributed by atoms with Gasteiger partial charge in [-0.05, 0) is 36.6 Å². The standard InChI is InChI=1S/C18H22FN3.C2H6.2CH2O/c1-6-7-15-16(12(2)3)20-18(22(4)5)21-17(15)13-8-10-14(19)11-9-13;3*1-2/h6,8-12H,1,7H2,2-5H3;1-2H3;2*1H2. The summed E-state index contributed by atoms with van der Waals surface area (Å²) in [5, 5.41) is 0. The first-order valence-corrected chi connectivity index (χ1v) is 8.96. The topological polar surface area (TPSA) is 63.2 Å². The molecule has 0 aliphatic rings. The molecule has 0 saturated heterocycles. The minimum Gasteiger partial charge on any atom is -0.347 e. The summed E-state index contributed by atoms with van der Waals surface area (Å²) in [4.78, 5) is 27.3. The fraction of sp³-hybridized carbons (Fsp3) is 0.364. The van der Waals surface area contributed by atoms with Gasteiger partial charge in [-0.2, -0.15) is 0 Å². The summed E-state index contributed by atoms with van der Waals surface area (Å²) in [5.74, 6) is 0.687. The van der Waals surface area contributed by atoms with Crippen molar-refractivity contribution in [1.82, 2.24) is 9.97 Å². The Morgan fingerprint density at radius 2 is 1.54 bits per heavy atom. The second-order valence-electron chi connectivity index (χ2n) is 5.78. The van der Waals surface area contributed by atoms with Crippen LogP contribution in [-0.4, -0.2) is 37.6 Å². The number of allylic oxidation sites excluding steroid dienone is 1. The van der Waals surface area contributed by atoms with Gasteiger partial charge in [-0.1, -0.05) is 33.8 Å². The molecule has 154 valence electrons. The number of hydrogen-bond acceptors (Lipinski definition) is 5. The Hall–Kier alpha value is -2.89. The highest BCUT2D eigenvalue weighted by Crippen LogP contribution is 2.30. The number of aromatic nitrogens is 2. The zero-order valence-corrected chi connectivity index (χ0v) is 17.8. The number of anilines is 1. The summed E-state index contributed by atoms with van der Waals surface area (Å²) in [6.45, 7) is 16.1. The number of benzene rings is 1. The Balaban J connectivity index is 0. The molecule has 0 aliphatic carbocycles. The van der Waals surface area contributed by atoms with Crippen molar-refractivity contribution in [3.8, 4) is 11.3 Å². The lowest BCUT2D eigenvalue weighted by molar-refractivity contribution is -0.0987. The third kappa shape index (κ3) is 7.78. The molecule has 6 heteroatoms. The van der Waals surface area contributed by atoms with Crippen molar-refractivity contribution < 1.29 is 14.0 Å². The summed E-state index contributed by atoms with van der Waals surface area (Å²) in [6, 6.07) is 6.43. The molecule has 0 radical (unpaired) electrons. The van der Waals surface area contributed by atoms with Crippen molar-refractivity contribution >= 4 is 19.5 Å². The molecule has 28 heavy (non-hydrogen) atoms. The van der Waals surface area contributed by atoms with Crippen LogP contribution < -0.4 is 4.90 Å². The number of rotatable bonds is 5. The first-order valence-electron chi connectivity index (χ1n) is 8.96. The Kier molecular flexibility index (Phi) is 14.8. The van der Waals surface area contributed by atoms with E-state index in [0.29, 0.717) is 12.4 Å². The summed E-state index contributed by atoms with van der Waals surface area (Å²) < 4.78 is 13.2. The summed E-state index contributed by atoms with van der Waals surface area (Å²) in [7, 11) is 3.84. The number of halogens is 1. The van der Waals surface area contributed by atoms with Gasteiger partial charge in [0, 0.05) is 25.2 Å². The average molecular weight is 390 g/mol.